The minimum absolute atomic E-state index is 0.110. The van der Waals surface area contributed by atoms with Gasteiger partial charge in [0.15, 0.2) is 6.10 Å². The van der Waals surface area contributed by atoms with Gasteiger partial charge in [-0.25, -0.2) is 0 Å². The van der Waals surface area contributed by atoms with Gasteiger partial charge in [-0.15, -0.1) is 0 Å². The molecule has 6 heteroatoms. The first-order valence-corrected chi connectivity index (χ1v) is 32.4. The predicted molar refractivity (Wildman–Crippen MR) is 334 cm³/mol. The minimum Gasteiger partial charge on any atom is -0.462 e. The normalized spacial score (nSPS) is 12.8. The Hall–Kier alpha value is -3.93. The number of unbranched alkanes of at least 4 members (excludes halogenated alkanes) is 29. The predicted octanol–water partition coefficient (Wildman–Crippen LogP) is 22.2. The molecule has 6 nitrogen and oxygen atoms in total. The van der Waals surface area contributed by atoms with E-state index in [2.05, 4.69) is 124 Å². The molecular weight excluding hydrogens is 949 g/mol. The van der Waals surface area contributed by atoms with Crippen molar-refractivity contribution in [3.05, 3.63) is 109 Å². The molecule has 0 bridgehead atoms. The summed E-state index contributed by atoms with van der Waals surface area (Å²) >= 11 is 0. The summed E-state index contributed by atoms with van der Waals surface area (Å²) in [6.45, 7) is 6.35. The summed E-state index contributed by atoms with van der Waals surface area (Å²) in [5.74, 6) is -1.01. The summed E-state index contributed by atoms with van der Waals surface area (Å²) < 4.78 is 16.8. The molecule has 0 N–H and O–H groups in total. The Labute approximate surface area is 476 Å². The Morgan fingerprint density at radius 2 is 0.532 bits per heavy atom. The zero-order valence-corrected chi connectivity index (χ0v) is 50.4. The van der Waals surface area contributed by atoms with Crippen molar-refractivity contribution in [1.82, 2.24) is 0 Å². The fourth-order valence-electron chi connectivity index (χ4n) is 8.97. The Kier molecular flexibility index (Phi) is 61.3. The van der Waals surface area contributed by atoms with Crippen molar-refractivity contribution in [2.24, 2.45) is 0 Å². The second-order valence-corrected chi connectivity index (χ2v) is 21.3. The van der Waals surface area contributed by atoms with Gasteiger partial charge in [0.2, 0.25) is 0 Å². The van der Waals surface area contributed by atoms with Gasteiger partial charge in [0, 0.05) is 19.3 Å². The van der Waals surface area contributed by atoms with Crippen molar-refractivity contribution in [2.75, 3.05) is 13.2 Å². The largest absolute Gasteiger partial charge is 0.462 e. The van der Waals surface area contributed by atoms with E-state index in [0.29, 0.717) is 12.8 Å². The number of allylic oxidation sites excluding steroid dienone is 18. The van der Waals surface area contributed by atoms with E-state index in [1.165, 1.54) is 154 Å². The van der Waals surface area contributed by atoms with Crippen molar-refractivity contribution in [3.63, 3.8) is 0 Å². The lowest BCUT2D eigenvalue weighted by molar-refractivity contribution is -0.166. The maximum absolute atomic E-state index is 12.9. The Bertz CT molecular complexity index is 1560. The van der Waals surface area contributed by atoms with E-state index in [0.717, 1.165) is 103 Å². The molecule has 0 amide bonds. The summed E-state index contributed by atoms with van der Waals surface area (Å²) in [7, 11) is 0. The van der Waals surface area contributed by atoms with Crippen LogP contribution < -0.4 is 0 Å². The molecule has 0 radical (unpaired) electrons. The number of rotatable bonds is 58. The molecule has 1 unspecified atom stereocenters. The summed E-state index contributed by atoms with van der Waals surface area (Å²) in [4.78, 5) is 38.2. The van der Waals surface area contributed by atoms with E-state index in [-0.39, 0.29) is 44.0 Å². The van der Waals surface area contributed by atoms with Gasteiger partial charge in [0.25, 0.3) is 0 Å². The number of hydrogen-bond donors (Lipinski definition) is 0. The Morgan fingerprint density at radius 3 is 0.883 bits per heavy atom. The lowest BCUT2D eigenvalue weighted by atomic mass is 10.0. The molecule has 0 saturated carbocycles. The van der Waals surface area contributed by atoms with Crippen LogP contribution in [0.3, 0.4) is 0 Å². The molecule has 440 valence electrons. The average molecular weight is 1070 g/mol. The second kappa shape index (κ2) is 64.6. The van der Waals surface area contributed by atoms with Gasteiger partial charge in [-0.05, 0) is 109 Å². The lowest BCUT2D eigenvalue weighted by Crippen LogP contribution is -2.30. The van der Waals surface area contributed by atoms with Gasteiger partial charge in [0.1, 0.15) is 13.2 Å². The minimum atomic E-state index is -0.822. The maximum atomic E-state index is 12.9. The van der Waals surface area contributed by atoms with Crippen LogP contribution in [0, 0.1) is 0 Å². The molecular formula is C71H120O6. The first-order chi connectivity index (χ1) is 38.0. The van der Waals surface area contributed by atoms with Crippen LogP contribution >= 0.6 is 0 Å². The molecule has 0 heterocycles. The highest BCUT2D eigenvalue weighted by Gasteiger charge is 2.19. The molecule has 0 aliphatic rings. The molecule has 0 aromatic rings. The van der Waals surface area contributed by atoms with Crippen LogP contribution in [-0.4, -0.2) is 37.2 Å². The van der Waals surface area contributed by atoms with Gasteiger partial charge in [-0.3, -0.25) is 14.4 Å². The number of carbonyl (C=O) groups excluding carboxylic acids is 3. The van der Waals surface area contributed by atoms with Crippen molar-refractivity contribution < 1.29 is 28.6 Å². The lowest BCUT2D eigenvalue weighted by Gasteiger charge is -2.18. The van der Waals surface area contributed by atoms with E-state index in [9.17, 15) is 14.4 Å². The Morgan fingerprint density at radius 1 is 0.273 bits per heavy atom. The molecule has 0 fully saturated rings. The summed E-state index contributed by atoms with van der Waals surface area (Å²) in [5, 5.41) is 0. The van der Waals surface area contributed by atoms with Crippen molar-refractivity contribution >= 4 is 17.9 Å². The summed E-state index contributed by atoms with van der Waals surface area (Å²) in [5.41, 5.74) is 0. The smallest absolute Gasteiger partial charge is 0.306 e. The van der Waals surface area contributed by atoms with Gasteiger partial charge < -0.3 is 14.2 Å². The fraction of sp³-hybridized carbons (Fsp3) is 0.704. The first-order valence-electron chi connectivity index (χ1n) is 32.4. The highest BCUT2D eigenvalue weighted by atomic mass is 16.6. The maximum Gasteiger partial charge on any atom is 0.306 e. The number of ether oxygens (including phenoxy) is 3. The van der Waals surface area contributed by atoms with E-state index >= 15 is 0 Å². The second-order valence-electron chi connectivity index (χ2n) is 21.3. The number of carbonyl (C=O) groups is 3. The zero-order valence-electron chi connectivity index (χ0n) is 50.4. The monoisotopic (exact) mass is 1070 g/mol. The highest BCUT2D eigenvalue weighted by Crippen LogP contribution is 2.16. The van der Waals surface area contributed by atoms with Crippen LogP contribution in [0.1, 0.15) is 303 Å². The third-order valence-electron chi connectivity index (χ3n) is 13.8. The van der Waals surface area contributed by atoms with Crippen molar-refractivity contribution in [1.29, 1.82) is 0 Å². The molecule has 1 atom stereocenters. The SMILES string of the molecule is CC/C=C\C/C=C\C/C=C\C/C=C\CCCCCCC(=O)OC(COC(=O)CC/C=C\C/C=C\C/C=C\C/C=C\CC)COC(=O)CCCCCCCCCCCCCCCCCCC/C=C\CCCCCCCCCC. The third-order valence-corrected chi connectivity index (χ3v) is 13.8. The third kappa shape index (κ3) is 62.8. The highest BCUT2D eigenvalue weighted by molar-refractivity contribution is 5.71. The molecule has 0 aromatic heterocycles. The molecule has 0 spiro atoms. The van der Waals surface area contributed by atoms with Crippen molar-refractivity contribution in [2.45, 2.75) is 309 Å². The van der Waals surface area contributed by atoms with Crippen LogP contribution in [0.15, 0.2) is 109 Å². The van der Waals surface area contributed by atoms with E-state index in [1.54, 1.807) is 0 Å². The van der Waals surface area contributed by atoms with Crippen LogP contribution in [-0.2, 0) is 28.6 Å². The molecule has 0 aromatic carbocycles. The van der Waals surface area contributed by atoms with Gasteiger partial charge >= 0.3 is 17.9 Å². The molecule has 0 aliphatic carbocycles. The van der Waals surface area contributed by atoms with E-state index in [4.69, 9.17) is 14.2 Å². The zero-order chi connectivity index (χ0) is 55.7. The molecule has 0 rings (SSSR count). The number of hydrogen-bond acceptors (Lipinski definition) is 6. The van der Waals surface area contributed by atoms with Crippen LogP contribution in [0.5, 0.6) is 0 Å². The van der Waals surface area contributed by atoms with Crippen LogP contribution in [0.25, 0.3) is 0 Å². The van der Waals surface area contributed by atoms with Gasteiger partial charge in [0.05, 0.1) is 0 Å². The quantitative estimate of drug-likeness (QED) is 0.0261. The van der Waals surface area contributed by atoms with Crippen LogP contribution in [0.2, 0.25) is 0 Å². The first kappa shape index (κ1) is 73.1. The van der Waals surface area contributed by atoms with Gasteiger partial charge in [-0.2, -0.15) is 0 Å². The summed E-state index contributed by atoms with van der Waals surface area (Å²) in [6, 6.07) is 0. The van der Waals surface area contributed by atoms with E-state index in [1.807, 2.05) is 6.08 Å². The summed E-state index contributed by atoms with van der Waals surface area (Å²) in [6.07, 6.45) is 88.5. The van der Waals surface area contributed by atoms with E-state index < -0.39 is 6.10 Å². The molecule has 0 saturated heterocycles. The molecule has 0 aliphatic heterocycles. The van der Waals surface area contributed by atoms with Crippen LogP contribution in [0.4, 0.5) is 0 Å². The fourth-order valence-corrected chi connectivity index (χ4v) is 8.97. The Balaban J connectivity index is 4.28. The number of esters is 3. The van der Waals surface area contributed by atoms with Crippen molar-refractivity contribution in [3.8, 4) is 0 Å². The molecule has 77 heavy (non-hydrogen) atoms. The van der Waals surface area contributed by atoms with Gasteiger partial charge in [-0.1, -0.05) is 284 Å². The topological polar surface area (TPSA) is 78.9 Å². The average Bonchev–Trinajstić information content (AvgIpc) is 3.43. The standard InChI is InChI=1S/C71H120O6/c1-4-7-10-13-16-19-22-25-27-29-30-31-32-33-34-35-36-37-38-39-40-42-43-46-49-52-55-58-61-64-70(73)76-67-68(66-75-69(72)63-60-57-54-51-48-45-24-21-18-15-12-9-6-3)77-71(74)65-62-59-56-53-50-47-44-41-28-26-23-20-17-14-11-8-5-2/h8-9,11-12,17-18,20-21,26,28-30,44-45,47-48,54,57,68H,4-7,10,13-16,19,22-25,27,31-43,46,49-53,55-56,58-67H2,1-3H3/b11-8-,12-9-,20-17-,21-18-,28-26-,30-29-,47-44-,48-45-,57-54-.